The topological polar surface area (TPSA) is 23.5 Å². The van der Waals surface area contributed by atoms with E-state index in [9.17, 15) is 0 Å². The van der Waals surface area contributed by atoms with Gasteiger partial charge in [-0.05, 0) is 38.1 Å². The summed E-state index contributed by atoms with van der Waals surface area (Å²) in [6.45, 7) is 7.29. The maximum Gasteiger partial charge on any atom is 0.0443 e. The van der Waals surface area contributed by atoms with Gasteiger partial charge in [-0.1, -0.05) is 33.1 Å². The number of hydrogen-bond donors (Lipinski definition) is 1. The summed E-state index contributed by atoms with van der Waals surface area (Å²) in [6, 6.07) is 0.772. The predicted molar refractivity (Wildman–Crippen MR) is 69.6 cm³/mol. The van der Waals surface area contributed by atoms with Gasteiger partial charge in [-0.3, -0.25) is 0 Å². The van der Waals surface area contributed by atoms with Crippen molar-refractivity contribution in [2.45, 2.75) is 64.8 Å². The molecule has 0 bridgehead atoms. The van der Waals surface area contributed by atoms with Crippen LogP contribution in [0.1, 0.15) is 58.8 Å². The van der Waals surface area contributed by atoms with Crippen LogP contribution >= 0.6 is 0 Å². The van der Waals surface area contributed by atoms with Crippen molar-refractivity contribution in [3.8, 4) is 0 Å². The van der Waals surface area contributed by atoms with Gasteiger partial charge in [-0.25, -0.2) is 0 Å². The first-order valence-electron chi connectivity index (χ1n) is 7.14. The summed E-state index contributed by atoms with van der Waals surface area (Å²) >= 11 is 0. The van der Waals surface area contributed by atoms with Gasteiger partial charge in [0.25, 0.3) is 0 Å². The van der Waals surface area contributed by atoms with E-state index < -0.39 is 0 Å². The van der Waals surface area contributed by atoms with E-state index in [0.29, 0.717) is 6.61 Å². The van der Waals surface area contributed by atoms with Crippen LogP contribution in [0.2, 0.25) is 0 Å². The van der Waals surface area contributed by atoms with Gasteiger partial charge in [-0.15, -0.1) is 0 Å². The van der Waals surface area contributed by atoms with E-state index in [2.05, 4.69) is 18.7 Å². The molecular formula is C14H29NO. The van der Waals surface area contributed by atoms with Gasteiger partial charge >= 0.3 is 0 Å². The van der Waals surface area contributed by atoms with Crippen LogP contribution in [-0.2, 0) is 0 Å². The molecule has 0 amide bonds. The van der Waals surface area contributed by atoms with Crippen molar-refractivity contribution in [2.24, 2.45) is 5.92 Å². The van der Waals surface area contributed by atoms with E-state index in [0.717, 1.165) is 24.9 Å². The fourth-order valence-corrected chi connectivity index (χ4v) is 3.02. The van der Waals surface area contributed by atoms with Crippen LogP contribution in [0.4, 0.5) is 0 Å². The van der Waals surface area contributed by atoms with Gasteiger partial charge in [0.15, 0.2) is 0 Å². The Bertz CT molecular complexity index is 172. The summed E-state index contributed by atoms with van der Waals surface area (Å²) in [5, 5.41) is 8.98. The molecule has 2 atom stereocenters. The quantitative estimate of drug-likeness (QED) is 0.705. The molecule has 0 aliphatic heterocycles. The lowest BCUT2D eigenvalue weighted by atomic mass is 9.95. The molecule has 1 aliphatic carbocycles. The molecule has 2 unspecified atom stereocenters. The second-order valence-electron chi connectivity index (χ2n) is 5.30. The Labute approximate surface area is 101 Å². The Morgan fingerprint density at radius 2 is 1.88 bits per heavy atom. The minimum absolute atomic E-state index is 0.335. The Kier molecular flexibility index (Phi) is 7.06. The highest BCUT2D eigenvalue weighted by molar-refractivity contribution is 4.79. The van der Waals surface area contributed by atoms with E-state index in [1.807, 2.05) is 0 Å². The van der Waals surface area contributed by atoms with Gasteiger partial charge in [0.1, 0.15) is 0 Å². The smallest absolute Gasteiger partial charge is 0.0443 e. The first-order chi connectivity index (χ1) is 7.79. The first-order valence-corrected chi connectivity index (χ1v) is 7.14. The molecule has 1 N–H and O–H groups in total. The summed E-state index contributed by atoms with van der Waals surface area (Å²) in [7, 11) is 0. The summed E-state index contributed by atoms with van der Waals surface area (Å²) in [5.74, 6) is 0.841. The normalized spacial score (nSPS) is 27.0. The summed E-state index contributed by atoms with van der Waals surface area (Å²) in [5.41, 5.74) is 0. The van der Waals surface area contributed by atoms with Gasteiger partial charge in [0.2, 0.25) is 0 Å². The molecule has 0 aromatic heterocycles. The monoisotopic (exact) mass is 227 g/mol. The van der Waals surface area contributed by atoms with E-state index in [1.54, 1.807) is 0 Å². The van der Waals surface area contributed by atoms with Crippen molar-refractivity contribution in [3.05, 3.63) is 0 Å². The molecule has 0 heterocycles. The molecular weight excluding hydrogens is 198 g/mol. The molecule has 1 fully saturated rings. The molecule has 0 radical (unpaired) electrons. The minimum atomic E-state index is 0.335. The molecule has 1 saturated carbocycles. The van der Waals surface area contributed by atoms with E-state index >= 15 is 0 Å². The number of nitrogens with zero attached hydrogens (tertiary/aromatic N) is 1. The lowest BCUT2D eigenvalue weighted by molar-refractivity contribution is 0.128. The maximum atomic E-state index is 8.98. The zero-order valence-corrected chi connectivity index (χ0v) is 11.1. The Balaban J connectivity index is 2.51. The number of hydrogen-bond acceptors (Lipinski definition) is 2. The molecule has 96 valence electrons. The number of rotatable bonds is 6. The third kappa shape index (κ3) is 4.42. The standard InChI is InChI=1S/C14H29NO/c1-3-10-15(11-7-12-16)14-9-6-4-5-8-13(14)2/h13-14,16H,3-12H2,1-2H3. The highest BCUT2D eigenvalue weighted by Gasteiger charge is 2.24. The molecule has 0 aromatic rings. The second kappa shape index (κ2) is 8.08. The van der Waals surface area contributed by atoms with Crippen LogP contribution in [-0.4, -0.2) is 35.7 Å². The van der Waals surface area contributed by atoms with Crippen molar-refractivity contribution in [2.75, 3.05) is 19.7 Å². The minimum Gasteiger partial charge on any atom is -0.396 e. The lowest BCUT2D eigenvalue weighted by Gasteiger charge is -2.34. The van der Waals surface area contributed by atoms with Crippen molar-refractivity contribution >= 4 is 0 Å². The average molecular weight is 227 g/mol. The average Bonchev–Trinajstić information content (AvgIpc) is 2.49. The van der Waals surface area contributed by atoms with Crippen molar-refractivity contribution in [3.63, 3.8) is 0 Å². The molecule has 1 aliphatic rings. The van der Waals surface area contributed by atoms with Crippen LogP contribution in [0.3, 0.4) is 0 Å². The highest BCUT2D eigenvalue weighted by Crippen LogP contribution is 2.27. The van der Waals surface area contributed by atoms with Crippen LogP contribution in [0.25, 0.3) is 0 Å². The zero-order chi connectivity index (χ0) is 11.8. The summed E-state index contributed by atoms with van der Waals surface area (Å²) in [4.78, 5) is 2.63. The summed E-state index contributed by atoms with van der Waals surface area (Å²) < 4.78 is 0. The SMILES string of the molecule is CCCN(CCCO)C1CCCCCC1C. The fourth-order valence-electron chi connectivity index (χ4n) is 3.02. The van der Waals surface area contributed by atoms with Gasteiger partial charge in [-0.2, -0.15) is 0 Å². The van der Waals surface area contributed by atoms with E-state index in [-0.39, 0.29) is 0 Å². The molecule has 16 heavy (non-hydrogen) atoms. The molecule has 0 aromatic carbocycles. The second-order valence-corrected chi connectivity index (χ2v) is 5.30. The molecule has 0 spiro atoms. The van der Waals surface area contributed by atoms with Gasteiger partial charge < -0.3 is 10.0 Å². The van der Waals surface area contributed by atoms with Gasteiger partial charge in [0.05, 0.1) is 0 Å². The van der Waals surface area contributed by atoms with Gasteiger partial charge in [0, 0.05) is 19.2 Å². The maximum absolute atomic E-state index is 8.98. The largest absolute Gasteiger partial charge is 0.396 e. The lowest BCUT2D eigenvalue weighted by Crippen LogP contribution is -2.40. The zero-order valence-electron chi connectivity index (χ0n) is 11.1. The van der Waals surface area contributed by atoms with Crippen LogP contribution in [0, 0.1) is 5.92 Å². The van der Waals surface area contributed by atoms with Crippen molar-refractivity contribution in [1.29, 1.82) is 0 Å². The van der Waals surface area contributed by atoms with Crippen molar-refractivity contribution in [1.82, 2.24) is 4.90 Å². The van der Waals surface area contributed by atoms with E-state index in [1.165, 1.54) is 45.1 Å². The molecule has 2 nitrogen and oxygen atoms in total. The Morgan fingerprint density at radius 3 is 2.56 bits per heavy atom. The fraction of sp³-hybridized carbons (Fsp3) is 1.00. The highest BCUT2D eigenvalue weighted by atomic mass is 16.3. The van der Waals surface area contributed by atoms with E-state index in [4.69, 9.17) is 5.11 Å². The third-order valence-electron chi connectivity index (χ3n) is 3.90. The summed E-state index contributed by atoms with van der Waals surface area (Å²) in [6.07, 6.45) is 9.15. The van der Waals surface area contributed by atoms with Crippen molar-refractivity contribution < 1.29 is 5.11 Å². The predicted octanol–water partition coefficient (Wildman–Crippen LogP) is 3.05. The Hall–Kier alpha value is -0.0800. The van der Waals surface area contributed by atoms with Crippen LogP contribution < -0.4 is 0 Å². The first kappa shape index (κ1) is 14.0. The number of aliphatic hydroxyl groups excluding tert-OH is 1. The molecule has 0 saturated heterocycles. The van der Waals surface area contributed by atoms with Crippen LogP contribution in [0.15, 0.2) is 0 Å². The molecule has 1 rings (SSSR count). The molecule has 2 heteroatoms. The number of aliphatic hydroxyl groups is 1. The Morgan fingerprint density at radius 1 is 1.12 bits per heavy atom. The van der Waals surface area contributed by atoms with Crippen LogP contribution in [0.5, 0.6) is 0 Å². The third-order valence-corrected chi connectivity index (χ3v) is 3.90.